The molecule has 2 heteroatoms. The Balaban J connectivity index is 0. The van der Waals surface area contributed by atoms with Gasteiger partial charge in [-0.2, -0.15) is 0 Å². The van der Waals surface area contributed by atoms with Crippen LogP contribution in [0.5, 0.6) is 0 Å². The van der Waals surface area contributed by atoms with Gasteiger partial charge in [-0.05, 0) is 37.8 Å². The lowest BCUT2D eigenvalue weighted by Gasteiger charge is -1.90. The molecule has 1 aromatic rings. The van der Waals surface area contributed by atoms with E-state index < -0.39 is 0 Å². The number of rotatable bonds is 0. The maximum absolute atomic E-state index is 5.43. The Morgan fingerprint density at radius 2 is 1.71 bits per heavy atom. The minimum Gasteiger partial charge on any atom is -0.399 e. The van der Waals surface area contributed by atoms with E-state index in [0.717, 1.165) is 5.69 Å². The number of nitrogens with two attached hydrogens (primary N) is 1. The summed E-state index contributed by atoms with van der Waals surface area (Å²) in [5, 5.41) is 0. The molecule has 0 bridgehead atoms. The van der Waals surface area contributed by atoms with Crippen LogP contribution in [-0.4, -0.2) is 0 Å². The number of terminal acetylenes is 1. The number of nitrogen functional groups attached to an aromatic ring is 1. The van der Waals surface area contributed by atoms with Crippen molar-refractivity contribution in [1.82, 2.24) is 6.15 Å². The molecule has 0 saturated heterocycles. The topological polar surface area (TPSA) is 61.0 Å². The van der Waals surface area contributed by atoms with E-state index in [9.17, 15) is 0 Å². The first-order chi connectivity index (χ1) is 6.20. The molecular weight excluding hydrogens is 172 g/mol. The Morgan fingerprint density at radius 3 is 1.93 bits per heavy atom. The maximum Gasteiger partial charge on any atom is 0.0314 e. The van der Waals surface area contributed by atoms with Crippen molar-refractivity contribution in [2.75, 3.05) is 5.73 Å². The normalized spacial score (nSPS) is 6.36. The van der Waals surface area contributed by atoms with Crippen LogP contribution in [0.3, 0.4) is 0 Å². The molecule has 0 aliphatic rings. The zero-order chi connectivity index (χ0) is 10.1. The van der Waals surface area contributed by atoms with Gasteiger partial charge in [0, 0.05) is 5.69 Å². The maximum atomic E-state index is 5.43. The molecule has 0 aliphatic carbocycles. The van der Waals surface area contributed by atoms with Crippen LogP contribution in [-0.2, 0) is 0 Å². The standard InChI is InChI=1S/C7H9N.C5H4.H3N/c1-6-2-4-7(8)5-3-6;1-3-5-4-2;/h2-5H,8H2,1H3;1H,2H3;1H3. The molecule has 0 spiro atoms. The van der Waals surface area contributed by atoms with Crippen molar-refractivity contribution in [2.45, 2.75) is 13.8 Å². The summed E-state index contributed by atoms with van der Waals surface area (Å²) in [6.45, 7) is 3.75. The van der Waals surface area contributed by atoms with Crippen molar-refractivity contribution in [2.24, 2.45) is 0 Å². The SMILES string of the molecule is C#CC#CC.Cc1ccc(N)cc1.N. The van der Waals surface area contributed by atoms with E-state index in [1.54, 1.807) is 6.92 Å². The second kappa shape index (κ2) is 9.19. The third-order valence-electron chi connectivity index (χ3n) is 1.27. The average molecular weight is 188 g/mol. The van der Waals surface area contributed by atoms with Gasteiger partial charge in [0.1, 0.15) is 0 Å². The minimum atomic E-state index is 0. The average Bonchev–Trinajstić information content (AvgIpc) is 2.13. The molecule has 5 N–H and O–H groups in total. The molecule has 74 valence electrons. The van der Waals surface area contributed by atoms with Crippen molar-refractivity contribution in [1.29, 1.82) is 0 Å². The molecule has 0 aromatic heterocycles. The molecule has 1 rings (SSSR count). The van der Waals surface area contributed by atoms with Crippen LogP contribution in [0.4, 0.5) is 5.69 Å². The Bertz CT molecular complexity index is 312. The van der Waals surface area contributed by atoms with E-state index in [1.165, 1.54) is 5.56 Å². The summed E-state index contributed by atoms with van der Waals surface area (Å²) in [6.07, 6.45) is 4.72. The highest BCUT2D eigenvalue weighted by atomic mass is 14.5. The van der Waals surface area contributed by atoms with Crippen LogP contribution in [0.15, 0.2) is 24.3 Å². The van der Waals surface area contributed by atoms with Crippen LogP contribution >= 0.6 is 0 Å². The Kier molecular flexibility index (Phi) is 9.59. The molecular formula is C12H16N2. The van der Waals surface area contributed by atoms with E-state index in [4.69, 9.17) is 12.2 Å². The van der Waals surface area contributed by atoms with Crippen LogP contribution in [0.2, 0.25) is 0 Å². The smallest absolute Gasteiger partial charge is 0.0314 e. The Morgan fingerprint density at radius 1 is 1.21 bits per heavy atom. The third-order valence-corrected chi connectivity index (χ3v) is 1.27. The molecule has 1 aromatic carbocycles. The van der Waals surface area contributed by atoms with Crippen LogP contribution in [0.1, 0.15) is 12.5 Å². The predicted octanol–water partition coefficient (Wildman–Crippen LogP) is 2.38. The van der Waals surface area contributed by atoms with Crippen molar-refractivity contribution >= 4 is 5.69 Å². The molecule has 0 aliphatic heterocycles. The Labute approximate surface area is 86.1 Å². The van der Waals surface area contributed by atoms with Gasteiger partial charge in [-0.1, -0.05) is 23.6 Å². The van der Waals surface area contributed by atoms with Crippen molar-refractivity contribution < 1.29 is 0 Å². The number of hydrogen-bond donors (Lipinski definition) is 2. The van der Waals surface area contributed by atoms with Crippen LogP contribution in [0, 0.1) is 31.1 Å². The third kappa shape index (κ3) is 8.20. The fourth-order valence-corrected chi connectivity index (χ4v) is 0.639. The van der Waals surface area contributed by atoms with Crippen molar-refractivity contribution in [3.05, 3.63) is 29.8 Å². The molecule has 0 heterocycles. The van der Waals surface area contributed by atoms with Gasteiger partial charge in [0.25, 0.3) is 0 Å². The Hall–Kier alpha value is -1.90. The van der Waals surface area contributed by atoms with Gasteiger partial charge in [0.2, 0.25) is 0 Å². The molecule has 0 unspecified atom stereocenters. The van der Waals surface area contributed by atoms with Gasteiger partial charge >= 0.3 is 0 Å². The fourth-order valence-electron chi connectivity index (χ4n) is 0.639. The molecule has 0 amide bonds. The minimum absolute atomic E-state index is 0. The summed E-state index contributed by atoms with van der Waals surface area (Å²) >= 11 is 0. The highest BCUT2D eigenvalue weighted by Gasteiger charge is 1.80. The zero-order valence-electron chi connectivity index (χ0n) is 8.67. The highest BCUT2D eigenvalue weighted by molar-refractivity contribution is 5.38. The van der Waals surface area contributed by atoms with Crippen LogP contribution in [0.25, 0.3) is 0 Å². The van der Waals surface area contributed by atoms with Gasteiger partial charge < -0.3 is 11.9 Å². The van der Waals surface area contributed by atoms with E-state index in [2.05, 4.69) is 17.8 Å². The molecule has 2 nitrogen and oxygen atoms in total. The fraction of sp³-hybridized carbons (Fsp3) is 0.167. The number of benzene rings is 1. The molecule has 0 atom stereocenters. The molecule has 14 heavy (non-hydrogen) atoms. The highest BCUT2D eigenvalue weighted by Crippen LogP contribution is 2.02. The van der Waals surface area contributed by atoms with E-state index in [0.29, 0.717) is 0 Å². The summed E-state index contributed by atoms with van der Waals surface area (Å²) < 4.78 is 0. The van der Waals surface area contributed by atoms with Gasteiger partial charge in [0.05, 0.1) is 0 Å². The van der Waals surface area contributed by atoms with Gasteiger partial charge in [-0.25, -0.2) is 0 Å². The van der Waals surface area contributed by atoms with Gasteiger partial charge in [-0.15, -0.1) is 6.42 Å². The first-order valence-corrected chi connectivity index (χ1v) is 3.90. The summed E-state index contributed by atoms with van der Waals surface area (Å²) in [5.41, 5.74) is 7.51. The molecule has 0 fully saturated rings. The summed E-state index contributed by atoms with van der Waals surface area (Å²) in [5.74, 6) is 7.08. The van der Waals surface area contributed by atoms with Gasteiger partial charge in [0.15, 0.2) is 0 Å². The predicted molar refractivity (Wildman–Crippen MR) is 62.9 cm³/mol. The number of aryl methyl sites for hydroxylation is 1. The first kappa shape index (κ1) is 14.6. The largest absolute Gasteiger partial charge is 0.399 e. The first-order valence-electron chi connectivity index (χ1n) is 3.90. The van der Waals surface area contributed by atoms with E-state index >= 15 is 0 Å². The zero-order valence-corrected chi connectivity index (χ0v) is 8.67. The van der Waals surface area contributed by atoms with Crippen molar-refractivity contribution in [3.8, 4) is 24.2 Å². The summed E-state index contributed by atoms with van der Waals surface area (Å²) in [4.78, 5) is 0. The lowest BCUT2D eigenvalue weighted by Crippen LogP contribution is -1.81. The number of hydrogen-bond acceptors (Lipinski definition) is 2. The number of anilines is 1. The second-order valence-corrected chi connectivity index (χ2v) is 2.43. The van der Waals surface area contributed by atoms with Crippen molar-refractivity contribution in [3.63, 3.8) is 0 Å². The van der Waals surface area contributed by atoms with E-state index in [-0.39, 0.29) is 6.15 Å². The van der Waals surface area contributed by atoms with Gasteiger partial charge in [-0.3, -0.25) is 0 Å². The van der Waals surface area contributed by atoms with Crippen LogP contribution < -0.4 is 11.9 Å². The summed E-state index contributed by atoms with van der Waals surface area (Å²) in [7, 11) is 0. The second-order valence-electron chi connectivity index (χ2n) is 2.43. The van der Waals surface area contributed by atoms with E-state index in [1.807, 2.05) is 31.2 Å². The lowest BCUT2D eigenvalue weighted by atomic mass is 10.2. The molecule has 0 saturated carbocycles. The lowest BCUT2D eigenvalue weighted by molar-refractivity contribution is 1.47. The summed E-state index contributed by atoms with van der Waals surface area (Å²) in [6, 6.07) is 7.79. The molecule has 0 radical (unpaired) electrons. The monoisotopic (exact) mass is 188 g/mol. The quantitative estimate of drug-likeness (QED) is 0.485.